The second-order valence-electron chi connectivity index (χ2n) is 7.15. The minimum Gasteiger partial charge on any atom is -1.00 e. The summed E-state index contributed by atoms with van der Waals surface area (Å²) in [5, 5.41) is 11.2. The van der Waals surface area contributed by atoms with Crippen molar-refractivity contribution in [2.75, 3.05) is 26.2 Å². The molecule has 1 aromatic rings. The van der Waals surface area contributed by atoms with Crippen LogP contribution in [0.2, 0.25) is 5.02 Å². The monoisotopic (exact) mass is 417 g/mol. The number of rotatable bonds is 3. The normalized spacial score (nSPS) is 24.9. The Morgan fingerprint density at radius 3 is 2.46 bits per heavy atom. The maximum atomic E-state index is 12.5. The highest BCUT2D eigenvalue weighted by Gasteiger charge is 2.43. The molecule has 2 saturated heterocycles. The number of hydrogen-bond donors (Lipinski definition) is 1. The highest BCUT2D eigenvalue weighted by atomic mass is 79.9. The fourth-order valence-corrected chi connectivity index (χ4v) is 4.00. The zero-order chi connectivity index (χ0) is 16.5. The van der Waals surface area contributed by atoms with E-state index in [-0.39, 0.29) is 23.1 Å². The summed E-state index contributed by atoms with van der Waals surface area (Å²) in [6.07, 6.45) is 4.66. The number of piperidine rings is 1. The van der Waals surface area contributed by atoms with Gasteiger partial charge in [-0.25, -0.2) is 4.79 Å². The van der Waals surface area contributed by atoms with Crippen LogP contribution in [0.25, 0.3) is 0 Å². The van der Waals surface area contributed by atoms with E-state index >= 15 is 0 Å². The largest absolute Gasteiger partial charge is 1.00 e. The third kappa shape index (κ3) is 4.13. The van der Waals surface area contributed by atoms with Crippen molar-refractivity contribution in [2.45, 2.75) is 44.3 Å². The van der Waals surface area contributed by atoms with Gasteiger partial charge in [0.25, 0.3) is 0 Å². The molecule has 1 aromatic carbocycles. The van der Waals surface area contributed by atoms with Crippen molar-refractivity contribution >= 4 is 17.6 Å². The lowest BCUT2D eigenvalue weighted by Crippen LogP contribution is -3.00. The fraction of sp³-hybridized carbons (Fsp3) is 0.611. The third-order valence-corrected chi connectivity index (χ3v) is 5.61. The van der Waals surface area contributed by atoms with E-state index in [2.05, 4.69) is 0 Å². The first-order chi connectivity index (χ1) is 10.9. The Kier molecular flexibility index (Phi) is 6.35. The number of halogens is 2. The molecule has 4 nitrogen and oxygen atoms in total. The van der Waals surface area contributed by atoms with Crippen LogP contribution in [0.15, 0.2) is 24.3 Å². The molecule has 1 spiro atoms. The minimum atomic E-state index is -1.64. The first-order valence-electron chi connectivity index (χ1n) is 8.46. The number of benzene rings is 1. The molecule has 1 N–H and O–H groups in total. The second-order valence-corrected chi connectivity index (χ2v) is 7.59. The van der Waals surface area contributed by atoms with Crippen molar-refractivity contribution in [3.8, 4) is 0 Å². The number of esters is 1. The van der Waals surface area contributed by atoms with Gasteiger partial charge in [0.15, 0.2) is 11.7 Å². The molecule has 24 heavy (non-hydrogen) atoms. The van der Waals surface area contributed by atoms with Crippen molar-refractivity contribution < 1.29 is 36.1 Å². The van der Waals surface area contributed by atoms with E-state index in [1.54, 1.807) is 24.3 Å². The van der Waals surface area contributed by atoms with Gasteiger partial charge in [0.2, 0.25) is 0 Å². The summed E-state index contributed by atoms with van der Waals surface area (Å²) in [5.74, 6) is -0.568. The molecule has 2 fully saturated rings. The number of ether oxygens (including phenoxy) is 1. The van der Waals surface area contributed by atoms with Crippen molar-refractivity contribution in [1.82, 2.24) is 0 Å². The predicted molar refractivity (Wildman–Crippen MR) is 89.1 cm³/mol. The standard InChI is InChI=1S/C18H25ClNO3.BrH/c1-18(22,14-5-7-15(19)8-6-14)17(21)23-16-9-12-20(13-16)10-3-2-4-11-20;/h5-8,16,22H,2-4,9-13H2,1H3;1H/q+1;/p-1. The van der Waals surface area contributed by atoms with Gasteiger partial charge >= 0.3 is 5.97 Å². The smallest absolute Gasteiger partial charge is 0.343 e. The molecule has 0 aliphatic carbocycles. The molecule has 0 saturated carbocycles. The van der Waals surface area contributed by atoms with Crippen molar-refractivity contribution in [1.29, 1.82) is 0 Å². The van der Waals surface area contributed by atoms with Gasteiger partial charge in [-0.3, -0.25) is 0 Å². The molecule has 0 bridgehead atoms. The quantitative estimate of drug-likeness (QED) is 0.549. The molecule has 2 aliphatic heterocycles. The molecule has 0 radical (unpaired) electrons. The maximum absolute atomic E-state index is 12.5. The highest BCUT2D eigenvalue weighted by molar-refractivity contribution is 6.30. The number of quaternary nitrogens is 1. The van der Waals surface area contributed by atoms with Crippen LogP contribution in [0.4, 0.5) is 0 Å². The molecule has 0 aromatic heterocycles. The van der Waals surface area contributed by atoms with Crippen LogP contribution in [0.3, 0.4) is 0 Å². The third-order valence-electron chi connectivity index (χ3n) is 5.36. The molecular formula is C18H25BrClNO3. The number of carbonyl (C=O) groups is 1. The van der Waals surface area contributed by atoms with Gasteiger partial charge in [-0.2, -0.15) is 0 Å². The summed E-state index contributed by atoms with van der Waals surface area (Å²) in [4.78, 5) is 12.5. The van der Waals surface area contributed by atoms with Crippen molar-refractivity contribution in [2.24, 2.45) is 0 Å². The van der Waals surface area contributed by atoms with E-state index in [1.165, 1.54) is 39.3 Å². The van der Waals surface area contributed by atoms with Crippen LogP contribution in [0, 0.1) is 0 Å². The molecule has 2 heterocycles. The summed E-state index contributed by atoms with van der Waals surface area (Å²) < 4.78 is 6.74. The lowest BCUT2D eigenvalue weighted by atomic mass is 9.96. The molecule has 2 aliphatic rings. The van der Waals surface area contributed by atoms with E-state index in [0.717, 1.165) is 24.0 Å². The number of carbonyl (C=O) groups excluding carboxylic acids is 1. The number of nitrogens with zero attached hydrogens (tertiary/aromatic N) is 1. The molecule has 2 atom stereocenters. The van der Waals surface area contributed by atoms with Gasteiger partial charge < -0.3 is 31.3 Å². The number of aliphatic hydroxyl groups is 1. The predicted octanol–water partition coefficient (Wildman–Crippen LogP) is -0.132. The van der Waals surface area contributed by atoms with Gasteiger partial charge in [-0.1, -0.05) is 23.7 Å². The van der Waals surface area contributed by atoms with Crippen LogP contribution in [0.5, 0.6) is 0 Å². The molecule has 134 valence electrons. The van der Waals surface area contributed by atoms with Crippen molar-refractivity contribution in [3.63, 3.8) is 0 Å². The van der Waals surface area contributed by atoms with Crippen LogP contribution in [0.1, 0.15) is 38.2 Å². The lowest BCUT2D eigenvalue weighted by Gasteiger charge is -2.37. The van der Waals surface area contributed by atoms with E-state index in [0.29, 0.717) is 10.6 Å². The highest BCUT2D eigenvalue weighted by Crippen LogP contribution is 2.30. The fourth-order valence-electron chi connectivity index (χ4n) is 3.88. The van der Waals surface area contributed by atoms with Gasteiger partial charge in [-0.05, 0) is 43.9 Å². The topological polar surface area (TPSA) is 46.5 Å². The van der Waals surface area contributed by atoms with Crippen LogP contribution >= 0.6 is 11.6 Å². The molecule has 3 rings (SSSR count). The number of hydrogen-bond acceptors (Lipinski definition) is 3. The first-order valence-corrected chi connectivity index (χ1v) is 8.84. The summed E-state index contributed by atoms with van der Waals surface area (Å²) in [6, 6.07) is 6.66. The SMILES string of the molecule is CC(O)(C(=O)OC1CC[N+]2(CCCCC2)C1)c1ccc(Cl)cc1.[Br-]. The Bertz CT molecular complexity index is 570. The van der Waals surface area contributed by atoms with Crippen LogP contribution in [-0.2, 0) is 15.1 Å². The Morgan fingerprint density at radius 2 is 1.83 bits per heavy atom. The summed E-state index contributed by atoms with van der Waals surface area (Å²) in [6.45, 7) is 5.85. The average molecular weight is 419 g/mol. The molecule has 6 heteroatoms. The lowest BCUT2D eigenvalue weighted by molar-refractivity contribution is -0.922. The Balaban J connectivity index is 0.00000208. The zero-order valence-electron chi connectivity index (χ0n) is 14.0. The summed E-state index contributed by atoms with van der Waals surface area (Å²) in [5.41, 5.74) is -1.13. The Labute approximate surface area is 159 Å². The van der Waals surface area contributed by atoms with Gasteiger partial charge in [0.05, 0.1) is 19.6 Å². The second kappa shape index (κ2) is 7.73. The van der Waals surface area contributed by atoms with Crippen LogP contribution in [-0.4, -0.2) is 47.8 Å². The minimum absolute atomic E-state index is 0. The van der Waals surface area contributed by atoms with Gasteiger partial charge in [-0.15, -0.1) is 0 Å². The Morgan fingerprint density at radius 1 is 1.21 bits per heavy atom. The molecular weight excluding hydrogens is 394 g/mol. The first kappa shape index (κ1) is 19.7. The summed E-state index contributed by atoms with van der Waals surface area (Å²) in [7, 11) is 0. The van der Waals surface area contributed by atoms with Crippen LogP contribution < -0.4 is 17.0 Å². The van der Waals surface area contributed by atoms with Gasteiger partial charge in [0.1, 0.15) is 6.54 Å². The van der Waals surface area contributed by atoms with Crippen molar-refractivity contribution in [3.05, 3.63) is 34.9 Å². The average Bonchev–Trinajstić information content (AvgIpc) is 2.90. The van der Waals surface area contributed by atoms with E-state index in [9.17, 15) is 9.90 Å². The molecule has 0 amide bonds. The Hall–Kier alpha value is -0.620. The van der Waals surface area contributed by atoms with E-state index < -0.39 is 11.6 Å². The van der Waals surface area contributed by atoms with E-state index in [1.807, 2.05) is 0 Å². The maximum Gasteiger partial charge on any atom is 0.343 e. The molecule has 2 unspecified atom stereocenters. The van der Waals surface area contributed by atoms with Gasteiger partial charge in [0, 0.05) is 11.4 Å². The van der Waals surface area contributed by atoms with E-state index in [4.69, 9.17) is 16.3 Å². The summed E-state index contributed by atoms with van der Waals surface area (Å²) >= 11 is 5.86. The zero-order valence-corrected chi connectivity index (χ0v) is 16.4.